The molecule has 4 rings (SSSR count). The number of nitrogens with two attached hydrogens (primary N) is 1. The monoisotopic (exact) mass is 465 g/mol. The number of hydrogen-bond acceptors (Lipinski definition) is 6. The zero-order valence-corrected chi connectivity index (χ0v) is 19.5. The van der Waals surface area contributed by atoms with Crippen molar-refractivity contribution < 1.29 is 18.7 Å². The van der Waals surface area contributed by atoms with E-state index in [4.69, 9.17) is 25.2 Å². The summed E-state index contributed by atoms with van der Waals surface area (Å²) in [4.78, 5) is 21.7. The second-order valence-corrected chi connectivity index (χ2v) is 8.09. The lowest BCUT2D eigenvalue weighted by Crippen LogP contribution is -2.10. The van der Waals surface area contributed by atoms with Crippen LogP contribution in [0.25, 0.3) is 33.6 Å². The van der Waals surface area contributed by atoms with E-state index in [1.807, 2.05) is 35.8 Å². The number of ether oxygens (including phenoxy) is 2. The highest BCUT2D eigenvalue weighted by Gasteiger charge is 2.22. The van der Waals surface area contributed by atoms with E-state index < -0.39 is 11.8 Å². The lowest BCUT2D eigenvalue weighted by molar-refractivity contribution is 0.0595. The third-order valence-electron chi connectivity index (χ3n) is 5.78. The van der Waals surface area contributed by atoms with E-state index in [0.717, 1.165) is 28.8 Å². The van der Waals surface area contributed by atoms with Gasteiger partial charge in [0.25, 0.3) is 0 Å². The first-order chi connectivity index (χ1) is 16.4. The highest BCUT2D eigenvalue weighted by atomic mass is 19.1. The maximum absolute atomic E-state index is 14.8. The zero-order chi connectivity index (χ0) is 24.4. The summed E-state index contributed by atoms with van der Waals surface area (Å²) in [6.45, 7) is 7.22. The van der Waals surface area contributed by atoms with Gasteiger partial charge in [0.2, 0.25) is 0 Å². The Bertz CT molecular complexity index is 1370. The fourth-order valence-corrected chi connectivity index (χ4v) is 4.04. The SMILES string of the molecule is C=CCCn1c(-c2nc3cc(C(=O)OC)c(F)cc3n2CCOC)cc2ccc([C@@H](C)N)nc21. The number of allylic oxidation sites excluding steroid dienone is 1. The maximum Gasteiger partial charge on any atom is 0.340 e. The Labute approximate surface area is 196 Å². The molecule has 0 unspecified atom stereocenters. The first-order valence-corrected chi connectivity index (χ1v) is 11.0. The van der Waals surface area contributed by atoms with Gasteiger partial charge in [0.15, 0.2) is 5.82 Å². The molecule has 0 spiro atoms. The fourth-order valence-electron chi connectivity index (χ4n) is 4.04. The van der Waals surface area contributed by atoms with Crippen LogP contribution in [-0.4, -0.2) is 45.9 Å². The van der Waals surface area contributed by atoms with Crippen molar-refractivity contribution in [2.45, 2.75) is 32.5 Å². The molecule has 8 nitrogen and oxygen atoms in total. The Morgan fingerprint density at radius 3 is 2.68 bits per heavy atom. The van der Waals surface area contributed by atoms with E-state index in [1.54, 1.807) is 7.11 Å². The molecule has 0 aliphatic rings. The molecule has 4 aromatic rings. The molecule has 3 aromatic heterocycles. The molecule has 0 saturated carbocycles. The molecule has 0 aliphatic carbocycles. The molecule has 0 bridgehead atoms. The summed E-state index contributed by atoms with van der Waals surface area (Å²) in [7, 11) is 2.82. The van der Waals surface area contributed by atoms with Crippen LogP contribution in [0.15, 0.2) is 43.0 Å². The van der Waals surface area contributed by atoms with Crippen molar-refractivity contribution in [3.05, 3.63) is 60.1 Å². The van der Waals surface area contributed by atoms with Gasteiger partial charge in [0, 0.05) is 37.7 Å². The number of hydrogen-bond donors (Lipinski definition) is 1. The number of carbonyl (C=O) groups excluding carboxylic acids is 1. The van der Waals surface area contributed by atoms with E-state index in [2.05, 4.69) is 11.1 Å². The van der Waals surface area contributed by atoms with Crippen LogP contribution in [0.4, 0.5) is 4.39 Å². The Morgan fingerprint density at radius 1 is 1.21 bits per heavy atom. The summed E-state index contributed by atoms with van der Waals surface area (Å²) in [6.07, 6.45) is 2.57. The molecule has 0 fully saturated rings. The minimum atomic E-state index is -0.750. The van der Waals surface area contributed by atoms with Crippen LogP contribution >= 0.6 is 0 Å². The highest BCUT2D eigenvalue weighted by molar-refractivity contribution is 5.95. The topological polar surface area (TPSA) is 97.2 Å². The molecule has 34 heavy (non-hydrogen) atoms. The Kier molecular flexibility index (Phi) is 6.76. The van der Waals surface area contributed by atoms with Crippen LogP contribution in [0.3, 0.4) is 0 Å². The van der Waals surface area contributed by atoms with Gasteiger partial charge < -0.3 is 24.3 Å². The Hall–Kier alpha value is -3.56. The number of carbonyl (C=O) groups is 1. The van der Waals surface area contributed by atoms with E-state index in [1.165, 1.54) is 19.2 Å². The number of fused-ring (bicyclic) bond motifs is 2. The summed E-state index contributed by atoms with van der Waals surface area (Å²) < 4.78 is 28.8. The van der Waals surface area contributed by atoms with Crippen molar-refractivity contribution >= 4 is 28.0 Å². The maximum atomic E-state index is 14.8. The molecular weight excluding hydrogens is 437 g/mol. The average molecular weight is 466 g/mol. The largest absolute Gasteiger partial charge is 0.465 e. The van der Waals surface area contributed by atoms with Gasteiger partial charge in [0.1, 0.15) is 11.5 Å². The van der Waals surface area contributed by atoms with Gasteiger partial charge in [-0.05, 0) is 37.6 Å². The number of esters is 1. The molecule has 0 amide bonds. The standard InChI is InChI=1S/C25H28FN5O3/c1-5-6-9-30-22(12-16-7-8-19(15(2)27)28-23(16)30)24-29-20-13-17(25(32)34-4)18(26)14-21(20)31(24)10-11-33-3/h5,7-8,12-15H,1,6,9-11,27H2,2-4H3/t15-/m1/s1. The fraction of sp³-hybridized carbons (Fsp3) is 0.320. The van der Waals surface area contributed by atoms with E-state index in [9.17, 15) is 9.18 Å². The van der Waals surface area contributed by atoms with Crippen molar-refractivity contribution in [1.82, 2.24) is 19.1 Å². The number of methoxy groups -OCH3 is 2. The van der Waals surface area contributed by atoms with Crippen molar-refractivity contribution in [3.8, 4) is 11.5 Å². The second-order valence-electron chi connectivity index (χ2n) is 8.09. The molecule has 0 saturated heterocycles. The van der Waals surface area contributed by atoms with Crippen LogP contribution in [-0.2, 0) is 22.6 Å². The number of benzene rings is 1. The van der Waals surface area contributed by atoms with E-state index >= 15 is 0 Å². The predicted octanol–water partition coefficient (Wildman–Crippen LogP) is 4.22. The van der Waals surface area contributed by atoms with Crippen LogP contribution < -0.4 is 5.73 Å². The van der Waals surface area contributed by atoms with E-state index in [-0.39, 0.29) is 11.6 Å². The van der Waals surface area contributed by atoms with Gasteiger partial charge >= 0.3 is 5.97 Å². The van der Waals surface area contributed by atoms with Gasteiger partial charge in [-0.15, -0.1) is 6.58 Å². The van der Waals surface area contributed by atoms with Crippen LogP contribution in [0.5, 0.6) is 0 Å². The zero-order valence-electron chi connectivity index (χ0n) is 19.5. The molecule has 178 valence electrons. The number of nitrogens with zero attached hydrogens (tertiary/aromatic N) is 4. The smallest absolute Gasteiger partial charge is 0.340 e. The quantitative estimate of drug-likeness (QED) is 0.294. The van der Waals surface area contributed by atoms with Gasteiger partial charge in [0.05, 0.1) is 41.7 Å². The first kappa shape index (κ1) is 23.6. The Morgan fingerprint density at radius 2 is 2.00 bits per heavy atom. The molecule has 0 aliphatic heterocycles. The van der Waals surface area contributed by atoms with Gasteiger partial charge in [-0.25, -0.2) is 19.2 Å². The number of halogens is 1. The molecule has 1 atom stereocenters. The summed E-state index contributed by atoms with van der Waals surface area (Å²) in [6, 6.07) is 8.45. The van der Waals surface area contributed by atoms with Gasteiger partial charge in [-0.2, -0.15) is 0 Å². The van der Waals surface area contributed by atoms with Crippen molar-refractivity contribution in [2.24, 2.45) is 5.73 Å². The molecule has 2 N–H and O–H groups in total. The van der Waals surface area contributed by atoms with Crippen LogP contribution in [0.1, 0.15) is 35.4 Å². The van der Waals surface area contributed by atoms with E-state index in [0.29, 0.717) is 36.6 Å². The molecule has 0 radical (unpaired) electrons. The number of imidazole rings is 1. The highest BCUT2D eigenvalue weighted by Crippen LogP contribution is 2.32. The second kappa shape index (κ2) is 9.74. The third kappa shape index (κ3) is 4.20. The normalized spacial score (nSPS) is 12.4. The number of aromatic nitrogens is 4. The van der Waals surface area contributed by atoms with Crippen LogP contribution in [0, 0.1) is 5.82 Å². The summed E-state index contributed by atoms with van der Waals surface area (Å²) >= 11 is 0. The van der Waals surface area contributed by atoms with Crippen LogP contribution in [0.2, 0.25) is 0 Å². The molecular formula is C25H28FN5O3. The van der Waals surface area contributed by atoms with Gasteiger partial charge in [-0.3, -0.25) is 0 Å². The molecule has 3 heterocycles. The minimum absolute atomic E-state index is 0.159. The summed E-state index contributed by atoms with van der Waals surface area (Å²) in [5.41, 5.74) is 9.35. The summed E-state index contributed by atoms with van der Waals surface area (Å²) in [5, 5.41) is 0.940. The van der Waals surface area contributed by atoms with Crippen molar-refractivity contribution in [1.29, 1.82) is 0 Å². The minimum Gasteiger partial charge on any atom is -0.465 e. The third-order valence-corrected chi connectivity index (χ3v) is 5.78. The van der Waals surface area contributed by atoms with Gasteiger partial charge in [-0.1, -0.05) is 6.08 Å². The predicted molar refractivity (Wildman–Crippen MR) is 129 cm³/mol. The Balaban J connectivity index is 1.99. The lowest BCUT2D eigenvalue weighted by atomic mass is 10.2. The number of aryl methyl sites for hydroxylation is 1. The summed E-state index contributed by atoms with van der Waals surface area (Å²) in [5.74, 6) is -0.794. The van der Waals surface area contributed by atoms with Crippen molar-refractivity contribution in [2.75, 3.05) is 20.8 Å². The molecule has 1 aromatic carbocycles. The first-order valence-electron chi connectivity index (χ1n) is 11.0. The van der Waals surface area contributed by atoms with Crippen molar-refractivity contribution in [3.63, 3.8) is 0 Å². The lowest BCUT2D eigenvalue weighted by Gasteiger charge is -2.13. The average Bonchev–Trinajstić information content (AvgIpc) is 3.37. The number of pyridine rings is 1. The molecule has 9 heteroatoms. The number of rotatable bonds is 9.